The van der Waals surface area contributed by atoms with Crippen LogP contribution in [0.5, 0.6) is 0 Å². The third-order valence-corrected chi connectivity index (χ3v) is 10.3. The van der Waals surface area contributed by atoms with E-state index in [0.717, 1.165) is 11.1 Å². The van der Waals surface area contributed by atoms with E-state index in [1.807, 2.05) is 13.8 Å². The first-order chi connectivity index (χ1) is 16.5. The minimum absolute atomic E-state index is 0.0164. The first-order valence-electron chi connectivity index (χ1n) is 11.0. The zero-order valence-electron chi connectivity index (χ0n) is 19.0. The SMILES string of the molecule is Cc1ccc(S(=O)(=O)OC2COC3(O2)c2ccn(S(=O)(=O)c4ccc(C)cc4)c2CCC3Br)cc1. The van der Waals surface area contributed by atoms with Gasteiger partial charge in [-0.25, -0.2) is 16.6 Å². The predicted molar refractivity (Wildman–Crippen MR) is 131 cm³/mol. The van der Waals surface area contributed by atoms with Gasteiger partial charge in [0.15, 0.2) is 0 Å². The first-order valence-corrected chi connectivity index (χ1v) is 14.8. The summed E-state index contributed by atoms with van der Waals surface area (Å²) >= 11 is 3.60. The smallest absolute Gasteiger partial charge is 0.299 e. The molecule has 3 atom stereocenters. The van der Waals surface area contributed by atoms with Gasteiger partial charge in [0, 0.05) is 17.5 Å². The van der Waals surface area contributed by atoms with Crippen molar-refractivity contribution in [3.63, 3.8) is 0 Å². The Morgan fingerprint density at radius 3 is 2.17 bits per heavy atom. The largest absolute Gasteiger partial charge is 0.339 e. The molecule has 1 aliphatic carbocycles. The van der Waals surface area contributed by atoms with Gasteiger partial charge in [-0.05, 0) is 57.0 Å². The number of benzene rings is 2. The maximum absolute atomic E-state index is 13.4. The van der Waals surface area contributed by atoms with Gasteiger partial charge < -0.3 is 9.47 Å². The van der Waals surface area contributed by atoms with E-state index >= 15 is 0 Å². The van der Waals surface area contributed by atoms with Crippen LogP contribution in [-0.4, -0.2) is 38.5 Å². The van der Waals surface area contributed by atoms with Crippen LogP contribution in [0.3, 0.4) is 0 Å². The van der Waals surface area contributed by atoms with E-state index in [0.29, 0.717) is 24.1 Å². The molecule has 1 fully saturated rings. The highest BCUT2D eigenvalue weighted by Crippen LogP contribution is 2.48. The molecule has 8 nitrogen and oxygen atoms in total. The molecule has 3 unspecified atom stereocenters. The topological polar surface area (TPSA) is 101 Å². The maximum atomic E-state index is 13.4. The monoisotopic (exact) mass is 581 g/mol. The molecule has 0 bridgehead atoms. The van der Waals surface area contributed by atoms with E-state index in [4.69, 9.17) is 13.7 Å². The molecule has 35 heavy (non-hydrogen) atoms. The minimum atomic E-state index is -4.09. The molecule has 0 N–H and O–H groups in total. The molecule has 2 aromatic carbocycles. The second-order valence-corrected chi connectivity index (χ2v) is 13.2. The molecule has 1 aliphatic heterocycles. The van der Waals surface area contributed by atoms with Crippen LogP contribution >= 0.6 is 15.9 Å². The van der Waals surface area contributed by atoms with Crippen LogP contribution in [0.1, 0.15) is 28.8 Å². The lowest BCUT2D eigenvalue weighted by Gasteiger charge is -2.36. The van der Waals surface area contributed by atoms with Crippen LogP contribution in [0.15, 0.2) is 70.6 Å². The van der Waals surface area contributed by atoms with E-state index in [1.165, 1.54) is 22.3 Å². The number of hydrogen-bond acceptors (Lipinski definition) is 7. The fraction of sp³-hybridized carbons (Fsp3) is 0.333. The molecule has 1 saturated heterocycles. The van der Waals surface area contributed by atoms with Gasteiger partial charge in [0.25, 0.3) is 20.1 Å². The summed E-state index contributed by atoms with van der Waals surface area (Å²) in [6, 6.07) is 14.6. The Labute approximate surface area is 213 Å². The highest BCUT2D eigenvalue weighted by Gasteiger charge is 2.54. The average Bonchev–Trinajstić information content (AvgIpc) is 3.43. The van der Waals surface area contributed by atoms with Crippen molar-refractivity contribution in [3.05, 3.63) is 83.2 Å². The minimum Gasteiger partial charge on any atom is -0.339 e. The summed E-state index contributed by atoms with van der Waals surface area (Å²) in [5.41, 5.74) is 2.94. The highest BCUT2D eigenvalue weighted by atomic mass is 79.9. The van der Waals surface area contributed by atoms with Crippen LogP contribution in [-0.2, 0) is 46.0 Å². The van der Waals surface area contributed by atoms with Crippen molar-refractivity contribution in [1.82, 2.24) is 3.97 Å². The molecule has 0 saturated carbocycles. The Balaban J connectivity index is 1.45. The van der Waals surface area contributed by atoms with E-state index in [1.54, 1.807) is 42.5 Å². The summed E-state index contributed by atoms with van der Waals surface area (Å²) < 4.78 is 70.9. The molecule has 1 spiro atoms. The van der Waals surface area contributed by atoms with Gasteiger partial charge in [-0.1, -0.05) is 51.3 Å². The lowest BCUT2D eigenvalue weighted by Crippen LogP contribution is -2.42. The number of fused-ring (bicyclic) bond motifs is 2. The Bertz CT molecular complexity index is 1470. The number of aromatic nitrogens is 1. The zero-order chi connectivity index (χ0) is 25.0. The van der Waals surface area contributed by atoms with Crippen LogP contribution in [0.25, 0.3) is 0 Å². The van der Waals surface area contributed by atoms with Crippen molar-refractivity contribution in [2.75, 3.05) is 6.61 Å². The van der Waals surface area contributed by atoms with E-state index in [2.05, 4.69) is 15.9 Å². The Morgan fingerprint density at radius 2 is 1.54 bits per heavy atom. The van der Waals surface area contributed by atoms with E-state index in [-0.39, 0.29) is 21.2 Å². The number of hydrogen-bond donors (Lipinski definition) is 0. The summed E-state index contributed by atoms with van der Waals surface area (Å²) in [7, 11) is -7.93. The molecule has 0 amide bonds. The fourth-order valence-corrected chi connectivity index (χ4v) is 7.47. The number of alkyl halides is 1. The summed E-state index contributed by atoms with van der Waals surface area (Å²) in [5, 5.41) is 0. The van der Waals surface area contributed by atoms with Crippen LogP contribution in [0.4, 0.5) is 0 Å². The van der Waals surface area contributed by atoms with Crippen molar-refractivity contribution < 1.29 is 30.5 Å². The van der Waals surface area contributed by atoms with Crippen molar-refractivity contribution in [3.8, 4) is 0 Å². The lowest BCUT2D eigenvalue weighted by atomic mass is 9.91. The number of ether oxygens (including phenoxy) is 2. The molecule has 3 aromatic rings. The summed E-state index contributed by atoms with van der Waals surface area (Å²) in [6.45, 7) is 3.61. The number of rotatable bonds is 5. The quantitative estimate of drug-likeness (QED) is 0.332. The van der Waals surface area contributed by atoms with E-state index < -0.39 is 32.2 Å². The van der Waals surface area contributed by atoms with Crippen LogP contribution < -0.4 is 0 Å². The normalized spacial score (nSPS) is 24.5. The van der Waals surface area contributed by atoms with Gasteiger partial charge >= 0.3 is 0 Å². The molecule has 2 aliphatic rings. The van der Waals surface area contributed by atoms with Crippen molar-refractivity contribution in [2.24, 2.45) is 0 Å². The van der Waals surface area contributed by atoms with Crippen molar-refractivity contribution >= 4 is 36.1 Å². The molecular formula is C24H24BrNO7S2. The lowest BCUT2D eigenvalue weighted by molar-refractivity contribution is -0.202. The summed E-state index contributed by atoms with van der Waals surface area (Å²) in [6.07, 6.45) is 1.27. The molecule has 186 valence electrons. The van der Waals surface area contributed by atoms with E-state index in [9.17, 15) is 16.8 Å². The van der Waals surface area contributed by atoms with Gasteiger partial charge in [-0.3, -0.25) is 0 Å². The van der Waals surface area contributed by atoms with Gasteiger partial charge in [-0.2, -0.15) is 8.42 Å². The molecule has 11 heteroatoms. The van der Waals surface area contributed by atoms with Crippen LogP contribution in [0.2, 0.25) is 0 Å². The van der Waals surface area contributed by atoms with Gasteiger partial charge in [0.1, 0.15) is 6.61 Å². The van der Waals surface area contributed by atoms with Gasteiger partial charge in [-0.15, -0.1) is 0 Å². The predicted octanol–water partition coefficient (Wildman–Crippen LogP) is 3.98. The first kappa shape index (κ1) is 24.7. The summed E-state index contributed by atoms with van der Waals surface area (Å²) in [4.78, 5) is -0.144. The molecular weight excluding hydrogens is 558 g/mol. The average molecular weight is 582 g/mol. The molecule has 1 aromatic heterocycles. The Kier molecular flexibility index (Phi) is 6.22. The van der Waals surface area contributed by atoms with Gasteiger partial charge in [0.05, 0.1) is 14.6 Å². The van der Waals surface area contributed by atoms with Gasteiger partial charge in [0.2, 0.25) is 12.1 Å². The second kappa shape index (κ2) is 8.82. The second-order valence-electron chi connectivity index (χ2n) is 8.69. The molecule has 5 rings (SSSR count). The third-order valence-electron chi connectivity index (χ3n) is 6.24. The number of halogens is 1. The highest BCUT2D eigenvalue weighted by molar-refractivity contribution is 9.09. The third kappa shape index (κ3) is 4.28. The number of nitrogens with zero attached hydrogens (tertiary/aromatic N) is 1. The maximum Gasteiger partial charge on any atom is 0.299 e. The molecule has 0 radical (unpaired) electrons. The summed E-state index contributed by atoms with van der Waals surface area (Å²) in [5.74, 6) is -1.38. The zero-order valence-corrected chi connectivity index (χ0v) is 22.3. The Hall–Kier alpha value is -2.02. The molecule has 2 heterocycles. The van der Waals surface area contributed by atoms with Crippen molar-refractivity contribution in [1.29, 1.82) is 0 Å². The fourth-order valence-electron chi connectivity index (χ4n) is 4.39. The van der Waals surface area contributed by atoms with Crippen LogP contribution in [0, 0.1) is 13.8 Å². The van der Waals surface area contributed by atoms with Crippen molar-refractivity contribution in [2.45, 2.75) is 53.4 Å². The number of aryl methyl sites for hydroxylation is 2. The Morgan fingerprint density at radius 1 is 0.943 bits per heavy atom. The standard InChI is InChI=1S/C24H24BrNO7S2/c1-16-3-7-18(8-4-16)34(27,28)26-14-13-20-21(26)11-12-22(25)24(20)31-15-23(32-24)33-35(29,30)19-9-5-17(2)6-10-19/h3-10,13-14,22-23H,11-12,15H2,1-2H3.